The molecular formula is C12H10BrClN2O2. The summed E-state index contributed by atoms with van der Waals surface area (Å²) in [5, 5.41) is 0.219. The van der Waals surface area contributed by atoms with Gasteiger partial charge in [-0.3, -0.25) is 0 Å². The zero-order chi connectivity index (χ0) is 13.1. The molecule has 2 aromatic rings. The lowest BCUT2D eigenvalue weighted by Crippen LogP contribution is -1.95. The number of hydrogen-bond acceptors (Lipinski definition) is 4. The van der Waals surface area contributed by atoms with Crippen LogP contribution in [0, 0.1) is 6.92 Å². The quantitative estimate of drug-likeness (QED) is 0.798. The van der Waals surface area contributed by atoms with E-state index in [2.05, 4.69) is 25.9 Å². The maximum atomic E-state index is 5.89. The van der Waals surface area contributed by atoms with E-state index < -0.39 is 0 Å². The Bertz CT molecular complexity index is 578. The first-order valence-electron chi connectivity index (χ1n) is 5.10. The van der Waals surface area contributed by atoms with Gasteiger partial charge in [-0.15, -0.1) is 0 Å². The fraction of sp³-hybridized carbons (Fsp3) is 0.167. The number of aryl methyl sites for hydroxylation is 1. The minimum absolute atomic E-state index is 0.219. The predicted octanol–water partition coefficient (Wildman–Crippen LogP) is 4.00. The van der Waals surface area contributed by atoms with Gasteiger partial charge < -0.3 is 9.47 Å². The zero-order valence-electron chi connectivity index (χ0n) is 9.78. The number of hydrogen-bond donors (Lipinski definition) is 0. The van der Waals surface area contributed by atoms with Gasteiger partial charge in [-0.25, -0.2) is 4.98 Å². The molecule has 6 heteroatoms. The molecule has 0 saturated heterocycles. The molecule has 2 rings (SSSR count). The first-order valence-corrected chi connectivity index (χ1v) is 6.27. The second-order valence-electron chi connectivity index (χ2n) is 3.52. The number of rotatable bonds is 3. The Hall–Kier alpha value is -1.33. The van der Waals surface area contributed by atoms with Gasteiger partial charge in [-0.2, -0.15) is 4.98 Å². The highest BCUT2D eigenvalue weighted by Gasteiger charge is 2.12. The number of halogens is 2. The molecule has 94 valence electrons. The Morgan fingerprint density at radius 2 is 2.06 bits per heavy atom. The molecule has 0 aliphatic carbocycles. The van der Waals surface area contributed by atoms with Crippen molar-refractivity contribution in [1.29, 1.82) is 0 Å². The summed E-state index contributed by atoms with van der Waals surface area (Å²) in [5.41, 5.74) is 1.06. The summed E-state index contributed by atoms with van der Waals surface area (Å²) in [6, 6.07) is 5.62. The molecule has 0 saturated carbocycles. The molecule has 18 heavy (non-hydrogen) atoms. The molecule has 0 radical (unpaired) electrons. The number of nitrogens with zero attached hydrogens (tertiary/aromatic N) is 2. The van der Waals surface area contributed by atoms with Gasteiger partial charge in [0.25, 0.3) is 5.88 Å². The molecule has 0 unspecified atom stereocenters. The van der Waals surface area contributed by atoms with Gasteiger partial charge in [0, 0.05) is 4.47 Å². The first kappa shape index (κ1) is 13.1. The van der Waals surface area contributed by atoms with E-state index in [9.17, 15) is 0 Å². The Morgan fingerprint density at radius 1 is 1.28 bits per heavy atom. The summed E-state index contributed by atoms with van der Waals surface area (Å²) in [6.07, 6.45) is 1.33. The van der Waals surface area contributed by atoms with E-state index in [1.807, 2.05) is 25.1 Å². The predicted molar refractivity (Wildman–Crippen MR) is 72.5 cm³/mol. The molecule has 0 N–H and O–H groups in total. The lowest BCUT2D eigenvalue weighted by molar-refractivity contribution is 0.367. The van der Waals surface area contributed by atoms with Crippen molar-refractivity contribution in [2.45, 2.75) is 6.92 Å². The van der Waals surface area contributed by atoms with Crippen LogP contribution in [0.4, 0.5) is 0 Å². The van der Waals surface area contributed by atoms with Crippen molar-refractivity contribution < 1.29 is 9.47 Å². The average Bonchev–Trinajstić information content (AvgIpc) is 2.34. The third-order valence-corrected chi connectivity index (χ3v) is 3.43. The van der Waals surface area contributed by atoms with Gasteiger partial charge in [0.2, 0.25) is 5.75 Å². The minimum Gasteiger partial charge on any atom is -0.489 e. The molecule has 1 aromatic carbocycles. The van der Waals surface area contributed by atoms with Crippen molar-refractivity contribution in [1.82, 2.24) is 9.97 Å². The molecule has 1 heterocycles. The summed E-state index contributed by atoms with van der Waals surface area (Å²) in [6.45, 7) is 1.97. The molecule has 0 atom stereocenters. The molecule has 0 spiro atoms. The van der Waals surface area contributed by atoms with E-state index in [4.69, 9.17) is 21.1 Å². The largest absolute Gasteiger partial charge is 0.489 e. The van der Waals surface area contributed by atoms with Gasteiger partial charge in [-0.05, 0) is 30.7 Å². The molecule has 0 aliphatic rings. The number of aromatic nitrogens is 2. The lowest BCUT2D eigenvalue weighted by Gasteiger charge is -2.10. The van der Waals surface area contributed by atoms with Crippen molar-refractivity contribution in [3.8, 4) is 17.4 Å². The van der Waals surface area contributed by atoms with Crippen LogP contribution in [0.15, 0.2) is 29.0 Å². The van der Waals surface area contributed by atoms with E-state index >= 15 is 0 Å². The fourth-order valence-electron chi connectivity index (χ4n) is 1.37. The smallest absolute Gasteiger partial charge is 0.267 e. The van der Waals surface area contributed by atoms with Crippen LogP contribution < -0.4 is 9.47 Å². The van der Waals surface area contributed by atoms with Gasteiger partial charge in [0.1, 0.15) is 12.1 Å². The van der Waals surface area contributed by atoms with Crippen molar-refractivity contribution in [3.05, 3.63) is 39.7 Å². The summed E-state index contributed by atoms with van der Waals surface area (Å²) >= 11 is 9.32. The fourth-order valence-corrected chi connectivity index (χ4v) is 1.82. The second-order valence-corrected chi connectivity index (χ2v) is 4.73. The van der Waals surface area contributed by atoms with Crippen molar-refractivity contribution in [3.63, 3.8) is 0 Å². The maximum absolute atomic E-state index is 5.89. The summed E-state index contributed by atoms with van der Waals surface area (Å²) in [7, 11) is 1.49. The van der Waals surface area contributed by atoms with Crippen molar-refractivity contribution >= 4 is 27.5 Å². The van der Waals surface area contributed by atoms with Gasteiger partial charge in [0.15, 0.2) is 5.15 Å². The molecule has 1 aromatic heterocycles. The molecular weight excluding hydrogens is 320 g/mol. The summed E-state index contributed by atoms with van der Waals surface area (Å²) < 4.78 is 11.8. The Kier molecular flexibility index (Phi) is 4.04. The minimum atomic E-state index is 0.219. The van der Waals surface area contributed by atoms with Crippen LogP contribution in [0.2, 0.25) is 5.15 Å². The van der Waals surface area contributed by atoms with Crippen molar-refractivity contribution in [2.24, 2.45) is 0 Å². The standard InChI is InChI=1S/C12H10BrClN2O2/c1-7-5-8(3-4-9(7)13)18-12-10(17-2)11(14)15-6-16-12/h3-6H,1-2H3. The van der Waals surface area contributed by atoms with E-state index in [1.165, 1.54) is 13.4 Å². The monoisotopic (exact) mass is 328 g/mol. The molecule has 0 amide bonds. The third-order valence-electron chi connectivity index (χ3n) is 2.28. The highest BCUT2D eigenvalue weighted by atomic mass is 79.9. The van der Waals surface area contributed by atoms with Crippen LogP contribution in [-0.4, -0.2) is 17.1 Å². The normalized spacial score (nSPS) is 10.2. The highest BCUT2D eigenvalue weighted by molar-refractivity contribution is 9.10. The van der Waals surface area contributed by atoms with E-state index in [1.54, 1.807) is 0 Å². The Balaban J connectivity index is 2.34. The summed E-state index contributed by atoms with van der Waals surface area (Å²) in [4.78, 5) is 7.83. The second kappa shape index (κ2) is 5.54. The van der Waals surface area contributed by atoms with Gasteiger partial charge in [-0.1, -0.05) is 27.5 Å². The van der Waals surface area contributed by atoms with Gasteiger partial charge >= 0.3 is 0 Å². The van der Waals surface area contributed by atoms with E-state index in [-0.39, 0.29) is 5.15 Å². The number of benzene rings is 1. The maximum Gasteiger partial charge on any atom is 0.267 e. The average molecular weight is 330 g/mol. The molecule has 4 nitrogen and oxygen atoms in total. The lowest BCUT2D eigenvalue weighted by atomic mass is 10.2. The summed E-state index contributed by atoms with van der Waals surface area (Å²) in [5.74, 6) is 1.27. The third kappa shape index (κ3) is 2.73. The van der Waals surface area contributed by atoms with E-state index in [0.29, 0.717) is 17.4 Å². The Labute approximate surface area is 118 Å². The number of ether oxygens (including phenoxy) is 2. The van der Waals surface area contributed by atoms with Crippen LogP contribution in [0.5, 0.6) is 17.4 Å². The number of methoxy groups -OCH3 is 1. The van der Waals surface area contributed by atoms with Crippen LogP contribution >= 0.6 is 27.5 Å². The zero-order valence-corrected chi connectivity index (χ0v) is 12.1. The highest BCUT2D eigenvalue weighted by Crippen LogP contribution is 2.34. The van der Waals surface area contributed by atoms with Crippen LogP contribution in [0.1, 0.15) is 5.56 Å². The van der Waals surface area contributed by atoms with E-state index in [0.717, 1.165) is 10.0 Å². The molecule has 0 fully saturated rings. The van der Waals surface area contributed by atoms with Crippen LogP contribution in [0.25, 0.3) is 0 Å². The van der Waals surface area contributed by atoms with Crippen molar-refractivity contribution in [2.75, 3.05) is 7.11 Å². The van der Waals surface area contributed by atoms with Crippen LogP contribution in [-0.2, 0) is 0 Å². The first-order chi connectivity index (χ1) is 8.61. The SMILES string of the molecule is COc1c(Cl)ncnc1Oc1ccc(Br)c(C)c1. The molecule has 0 bridgehead atoms. The van der Waals surface area contributed by atoms with Gasteiger partial charge in [0.05, 0.1) is 7.11 Å². The Morgan fingerprint density at radius 3 is 2.72 bits per heavy atom. The van der Waals surface area contributed by atoms with Crippen LogP contribution in [0.3, 0.4) is 0 Å². The topological polar surface area (TPSA) is 44.2 Å². The molecule has 0 aliphatic heterocycles.